The zero-order chi connectivity index (χ0) is 12.5. The Morgan fingerprint density at radius 3 is 2.38 bits per heavy atom. The molecule has 6 heteroatoms. The minimum Gasteiger partial charge on any atom is -0.506 e. The van der Waals surface area contributed by atoms with Crippen molar-refractivity contribution in [3.05, 3.63) is 27.7 Å². The third-order valence-electron chi connectivity index (χ3n) is 1.96. The molecule has 0 amide bonds. The van der Waals surface area contributed by atoms with Gasteiger partial charge in [0.15, 0.2) is 0 Å². The number of phenolic OH excluding ortho intramolecular Hbond substituents is 1. The predicted octanol–water partition coefficient (Wildman–Crippen LogP) is 3.10. The van der Waals surface area contributed by atoms with E-state index in [9.17, 15) is 18.3 Å². The molecule has 2 N–H and O–H groups in total. The first kappa shape index (κ1) is 13.3. The zero-order valence-corrected chi connectivity index (χ0v) is 9.93. The maximum Gasteiger partial charge on any atom is 0.420 e. The molecule has 1 unspecified atom stereocenters. The number of aliphatic hydroxyl groups is 1. The van der Waals surface area contributed by atoms with E-state index < -0.39 is 23.6 Å². The summed E-state index contributed by atoms with van der Waals surface area (Å²) in [4.78, 5) is 0. The van der Waals surface area contributed by atoms with Crippen LogP contribution in [0.2, 0.25) is 0 Å². The van der Waals surface area contributed by atoms with Crippen molar-refractivity contribution in [1.29, 1.82) is 0 Å². The molecule has 0 aliphatic rings. The van der Waals surface area contributed by atoms with Crippen LogP contribution in [0.4, 0.5) is 13.2 Å². The van der Waals surface area contributed by atoms with Gasteiger partial charge in [-0.1, -0.05) is 0 Å². The smallest absolute Gasteiger partial charge is 0.420 e. The molecule has 0 aromatic heterocycles. The van der Waals surface area contributed by atoms with Crippen LogP contribution in [0.1, 0.15) is 18.1 Å². The van der Waals surface area contributed by atoms with Crippen molar-refractivity contribution in [3.63, 3.8) is 0 Å². The van der Waals surface area contributed by atoms with Gasteiger partial charge in [0.2, 0.25) is 0 Å². The first-order valence-corrected chi connectivity index (χ1v) is 5.27. The van der Waals surface area contributed by atoms with Gasteiger partial charge >= 0.3 is 6.18 Å². The van der Waals surface area contributed by atoms with Gasteiger partial charge < -0.3 is 10.2 Å². The lowest BCUT2D eigenvalue weighted by atomic mass is 10.0. The van der Waals surface area contributed by atoms with E-state index in [0.717, 1.165) is 6.07 Å². The summed E-state index contributed by atoms with van der Waals surface area (Å²) in [5.74, 6) is -0.832. The van der Waals surface area contributed by atoms with Gasteiger partial charge in [-0.2, -0.15) is 13.2 Å². The normalized spacial score (nSPS) is 13.9. The van der Waals surface area contributed by atoms with E-state index >= 15 is 0 Å². The van der Waals surface area contributed by atoms with E-state index in [0.29, 0.717) is 5.56 Å². The lowest BCUT2D eigenvalue weighted by Crippen LogP contribution is -2.09. The molecule has 1 aromatic rings. The molecule has 0 radical (unpaired) electrons. The third-order valence-corrected chi connectivity index (χ3v) is 2.56. The zero-order valence-electron chi connectivity index (χ0n) is 8.35. The molecule has 1 atom stereocenters. The Bertz CT molecular complexity index is 388. The summed E-state index contributed by atoms with van der Waals surface area (Å²) < 4.78 is 37.5. The Hall–Kier alpha value is -0.750. The Labute approximate surface area is 98.8 Å². The van der Waals surface area contributed by atoms with Gasteiger partial charge in [-0.25, -0.2) is 0 Å². The summed E-state index contributed by atoms with van der Waals surface area (Å²) in [7, 11) is 0. The average Bonchev–Trinajstić information content (AvgIpc) is 2.08. The maximum atomic E-state index is 12.5. The highest BCUT2D eigenvalue weighted by Crippen LogP contribution is 2.40. The van der Waals surface area contributed by atoms with Gasteiger partial charge in [-0.3, -0.25) is 0 Å². The summed E-state index contributed by atoms with van der Waals surface area (Å²) in [5.41, 5.74) is -0.787. The van der Waals surface area contributed by atoms with Gasteiger partial charge in [0.05, 0.1) is 16.1 Å². The number of hydrogen-bond donors (Lipinski definition) is 2. The highest BCUT2D eigenvalue weighted by Gasteiger charge is 2.35. The molecule has 1 rings (SSSR count). The molecule has 2 nitrogen and oxygen atoms in total. The van der Waals surface area contributed by atoms with Crippen molar-refractivity contribution in [2.24, 2.45) is 0 Å². The molecule has 90 valence electrons. The van der Waals surface area contributed by atoms with Crippen molar-refractivity contribution in [1.82, 2.24) is 0 Å². The molecule has 0 aliphatic heterocycles. The number of alkyl halides is 3. The van der Waals surface area contributed by atoms with E-state index in [1.54, 1.807) is 0 Å². The fourth-order valence-corrected chi connectivity index (χ4v) is 1.84. The largest absolute Gasteiger partial charge is 0.506 e. The fraction of sp³-hybridized carbons (Fsp3) is 0.400. The summed E-state index contributed by atoms with van der Waals surface area (Å²) in [6.07, 6.45) is -5.25. The van der Waals surface area contributed by atoms with Crippen molar-refractivity contribution >= 4 is 15.9 Å². The van der Waals surface area contributed by atoms with Crippen LogP contribution in [-0.2, 0) is 12.6 Å². The monoisotopic (exact) mass is 298 g/mol. The van der Waals surface area contributed by atoms with Crippen molar-refractivity contribution in [2.75, 3.05) is 0 Å². The van der Waals surface area contributed by atoms with Crippen molar-refractivity contribution in [3.8, 4) is 5.75 Å². The Morgan fingerprint density at radius 2 is 1.94 bits per heavy atom. The Morgan fingerprint density at radius 1 is 1.38 bits per heavy atom. The van der Waals surface area contributed by atoms with Crippen LogP contribution in [0.3, 0.4) is 0 Å². The maximum absolute atomic E-state index is 12.5. The number of rotatable bonds is 2. The van der Waals surface area contributed by atoms with Crippen molar-refractivity contribution in [2.45, 2.75) is 25.6 Å². The fourth-order valence-electron chi connectivity index (χ4n) is 1.33. The second-order valence-corrected chi connectivity index (χ2v) is 4.38. The minimum absolute atomic E-state index is 0.0297. The highest BCUT2D eigenvalue weighted by molar-refractivity contribution is 9.10. The predicted molar refractivity (Wildman–Crippen MR) is 56.2 cm³/mol. The van der Waals surface area contributed by atoms with Crippen LogP contribution in [0.25, 0.3) is 0 Å². The molecule has 0 bridgehead atoms. The van der Waals surface area contributed by atoms with E-state index in [4.69, 9.17) is 5.11 Å². The van der Waals surface area contributed by atoms with Crippen LogP contribution in [-0.4, -0.2) is 16.3 Å². The standard InChI is InChI=1S/C10H10BrF3O2/c1-5(15)2-6-3-7(10(12,13)14)9(16)8(11)4-6/h3-5,15-16H,2H2,1H3. The molecule has 0 aliphatic carbocycles. The molecular weight excluding hydrogens is 289 g/mol. The number of hydrogen-bond acceptors (Lipinski definition) is 2. The minimum atomic E-state index is -4.61. The molecule has 0 fully saturated rings. The second-order valence-electron chi connectivity index (χ2n) is 3.52. The first-order chi connectivity index (χ1) is 7.21. The lowest BCUT2D eigenvalue weighted by Gasteiger charge is -2.13. The number of aliphatic hydroxyl groups excluding tert-OH is 1. The van der Waals surface area contributed by atoms with E-state index in [-0.39, 0.29) is 10.9 Å². The van der Waals surface area contributed by atoms with Crippen LogP contribution in [0.5, 0.6) is 5.75 Å². The van der Waals surface area contributed by atoms with Gasteiger partial charge in [-0.15, -0.1) is 0 Å². The molecular formula is C10H10BrF3O2. The lowest BCUT2D eigenvalue weighted by molar-refractivity contribution is -0.138. The number of aromatic hydroxyl groups is 1. The Kier molecular flexibility index (Phi) is 3.85. The van der Waals surface area contributed by atoms with Gasteiger partial charge in [0.1, 0.15) is 5.75 Å². The summed E-state index contributed by atoms with van der Waals surface area (Å²) in [6, 6.07) is 2.20. The number of phenols is 1. The van der Waals surface area contributed by atoms with E-state index in [1.165, 1.54) is 13.0 Å². The SMILES string of the molecule is CC(O)Cc1cc(Br)c(O)c(C(F)(F)F)c1. The summed E-state index contributed by atoms with van der Waals surface area (Å²) in [5, 5.41) is 18.4. The summed E-state index contributed by atoms with van der Waals surface area (Å²) in [6.45, 7) is 1.48. The van der Waals surface area contributed by atoms with Crippen molar-refractivity contribution < 1.29 is 23.4 Å². The Balaban J connectivity index is 3.23. The molecule has 0 spiro atoms. The van der Waals surface area contributed by atoms with Gasteiger partial charge in [0, 0.05) is 0 Å². The molecule has 0 saturated carbocycles. The van der Waals surface area contributed by atoms with E-state index in [1.807, 2.05) is 0 Å². The van der Waals surface area contributed by atoms with Gasteiger partial charge in [-0.05, 0) is 47.0 Å². The van der Waals surface area contributed by atoms with Crippen LogP contribution in [0, 0.1) is 0 Å². The molecule has 1 aromatic carbocycles. The van der Waals surface area contributed by atoms with Crippen LogP contribution >= 0.6 is 15.9 Å². The highest BCUT2D eigenvalue weighted by atomic mass is 79.9. The summed E-state index contributed by atoms with van der Waals surface area (Å²) >= 11 is 2.85. The topological polar surface area (TPSA) is 40.5 Å². The second kappa shape index (κ2) is 4.63. The van der Waals surface area contributed by atoms with Crippen LogP contribution < -0.4 is 0 Å². The quantitative estimate of drug-likeness (QED) is 0.881. The number of benzene rings is 1. The van der Waals surface area contributed by atoms with E-state index in [2.05, 4.69) is 15.9 Å². The molecule has 0 heterocycles. The average molecular weight is 299 g/mol. The van der Waals surface area contributed by atoms with Crippen LogP contribution in [0.15, 0.2) is 16.6 Å². The third kappa shape index (κ3) is 3.12. The molecule has 0 saturated heterocycles. The number of halogens is 4. The first-order valence-electron chi connectivity index (χ1n) is 4.48. The molecule has 16 heavy (non-hydrogen) atoms. The van der Waals surface area contributed by atoms with Gasteiger partial charge in [0.25, 0.3) is 0 Å².